The van der Waals surface area contributed by atoms with Gasteiger partial charge in [-0.2, -0.15) is 0 Å². The topological polar surface area (TPSA) is 24.5 Å². The summed E-state index contributed by atoms with van der Waals surface area (Å²) in [5.41, 5.74) is 1.34. The fourth-order valence-electron chi connectivity index (χ4n) is 4.25. The summed E-state index contributed by atoms with van der Waals surface area (Å²) in [5, 5.41) is 3.65. The highest BCUT2D eigenvalue weighted by Gasteiger charge is 2.39. The largest absolute Gasteiger partial charge is 0.496 e. The van der Waals surface area contributed by atoms with E-state index < -0.39 is 0 Å². The summed E-state index contributed by atoms with van der Waals surface area (Å²) in [4.78, 5) is 2.76. The van der Waals surface area contributed by atoms with Crippen molar-refractivity contribution in [3.05, 3.63) is 29.8 Å². The third-order valence-electron chi connectivity index (χ3n) is 5.21. The van der Waals surface area contributed by atoms with Gasteiger partial charge in [-0.1, -0.05) is 25.1 Å². The lowest BCUT2D eigenvalue weighted by molar-refractivity contribution is 0.119. The first-order valence-electron chi connectivity index (χ1n) is 8.42. The molecule has 0 spiro atoms. The van der Waals surface area contributed by atoms with Crippen molar-refractivity contribution in [2.45, 2.75) is 57.2 Å². The summed E-state index contributed by atoms with van der Waals surface area (Å²) < 4.78 is 5.48. The summed E-state index contributed by atoms with van der Waals surface area (Å²) >= 11 is 0. The maximum absolute atomic E-state index is 5.48. The van der Waals surface area contributed by atoms with Crippen molar-refractivity contribution >= 4 is 0 Å². The maximum Gasteiger partial charge on any atom is 0.122 e. The van der Waals surface area contributed by atoms with Crippen molar-refractivity contribution in [3.8, 4) is 5.75 Å². The third-order valence-corrected chi connectivity index (χ3v) is 5.21. The van der Waals surface area contributed by atoms with Gasteiger partial charge in [0.1, 0.15) is 5.75 Å². The van der Waals surface area contributed by atoms with E-state index in [0.717, 1.165) is 36.8 Å². The van der Waals surface area contributed by atoms with Gasteiger partial charge in [0, 0.05) is 24.7 Å². The van der Waals surface area contributed by atoms with Crippen LogP contribution < -0.4 is 10.1 Å². The van der Waals surface area contributed by atoms with E-state index >= 15 is 0 Å². The van der Waals surface area contributed by atoms with Gasteiger partial charge in [-0.15, -0.1) is 0 Å². The van der Waals surface area contributed by atoms with Crippen LogP contribution >= 0.6 is 0 Å². The van der Waals surface area contributed by atoms with E-state index in [1.165, 1.54) is 37.8 Å². The molecular formula is C18H28N2O. The molecule has 116 valence electrons. The van der Waals surface area contributed by atoms with Gasteiger partial charge in [-0.25, -0.2) is 0 Å². The highest BCUT2D eigenvalue weighted by molar-refractivity contribution is 5.33. The second-order valence-electron chi connectivity index (χ2n) is 6.41. The van der Waals surface area contributed by atoms with Crippen molar-refractivity contribution in [3.63, 3.8) is 0 Å². The Morgan fingerprint density at radius 1 is 1.19 bits per heavy atom. The van der Waals surface area contributed by atoms with Crippen molar-refractivity contribution < 1.29 is 4.74 Å². The first-order valence-corrected chi connectivity index (χ1v) is 8.42. The van der Waals surface area contributed by atoms with E-state index in [4.69, 9.17) is 4.74 Å². The zero-order valence-corrected chi connectivity index (χ0v) is 13.3. The fraction of sp³-hybridized carbons (Fsp3) is 0.667. The van der Waals surface area contributed by atoms with Crippen LogP contribution in [0.4, 0.5) is 0 Å². The van der Waals surface area contributed by atoms with Crippen LogP contribution in [0.15, 0.2) is 24.3 Å². The number of para-hydroxylation sites is 1. The molecule has 3 heteroatoms. The molecule has 2 aliphatic rings. The van der Waals surface area contributed by atoms with Crippen LogP contribution in [-0.4, -0.2) is 43.2 Å². The van der Waals surface area contributed by atoms with Crippen LogP contribution in [0.1, 0.15) is 38.2 Å². The molecule has 2 heterocycles. The van der Waals surface area contributed by atoms with Crippen LogP contribution in [-0.2, 0) is 6.42 Å². The Balaban J connectivity index is 1.59. The molecule has 2 atom stereocenters. The molecule has 0 aliphatic carbocycles. The van der Waals surface area contributed by atoms with Crippen molar-refractivity contribution in [2.75, 3.05) is 20.2 Å². The standard InChI is InChI=1S/C18H28N2O/c1-3-19-15-12-16-8-9-17(13-15)20(16)11-10-14-6-4-5-7-18(14)21-2/h4-7,15-17,19H,3,8-13H2,1-2H3. The Kier molecular flexibility index (Phi) is 4.81. The van der Waals surface area contributed by atoms with Gasteiger partial charge < -0.3 is 10.1 Å². The number of benzene rings is 1. The number of nitrogens with zero attached hydrogens (tertiary/aromatic N) is 1. The summed E-state index contributed by atoms with van der Waals surface area (Å²) in [6.45, 7) is 4.50. The van der Waals surface area contributed by atoms with Gasteiger partial charge in [0.2, 0.25) is 0 Å². The first kappa shape index (κ1) is 14.9. The number of nitrogens with one attached hydrogen (secondary N) is 1. The van der Waals surface area contributed by atoms with Crippen LogP contribution in [0.3, 0.4) is 0 Å². The van der Waals surface area contributed by atoms with E-state index in [1.807, 2.05) is 6.07 Å². The molecule has 3 nitrogen and oxygen atoms in total. The van der Waals surface area contributed by atoms with Crippen molar-refractivity contribution in [1.82, 2.24) is 10.2 Å². The van der Waals surface area contributed by atoms with Crippen LogP contribution in [0.25, 0.3) is 0 Å². The smallest absolute Gasteiger partial charge is 0.122 e. The monoisotopic (exact) mass is 288 g/mol. The predicted octanol–water partition coefficient (Wildman–Crippen LogP) is 2.84. The van der Waals surface area contributed by atoms with E-state index in [1.54, 1.807) is 7.11 Å². The van der Waals surface area contributed by atoms with Gasteiger partial charge in [0.05, 0.1) is 7.11 Å². The molecule has 3 rings (SSSR count). The molecule has 2 aliphatic heterocycles. The Morgan fingerprint density at radius 2 is 1.90 bits per heavy atom. The van der Waals surface area contributed by atoms with Crippen LogP contribution in [0.2, 0.25) is 0 Å². The van der Waals surface area contributed by atoms with E-state index in [9.17, 15) is 0 Å². The predicted molar refractivity (Wildman–Crippen MR) is 86.9 cm³/mol. The molecule has 1 aromatic rings. The molecule has 2 bridgehead atoms. The van der Waals surface area contributed by atoms with Gasteiger partial charge in [0.25, 0.3) is 0 Å². The van der Waals surface area contributed by atoms with E-state index in [2.05, 4.69) is 35.3 Å². The maximum atomic E-state index is 5.48. The number of fused-ring (bicyclic) bond motifs is 2. The summed E-state index contributed by atoms with van der Waals surface area (Å²) in [6, 6.07) is 10.8. The number of piperidine rings is 1. The number of rotatable bonds is 6. The van der Waals surface area contributed by atoms with E-state index in [0.29, 0.717) is 0 Å². The van der Waals surface area contributed by atoms with Crippen LogP contribution in [0, 0.1) is 0 Å². The average molecular weight is 288 g/mol. The van der Waals surface area contributed by atoms with Gasteiger partial charge in [-0.05, 0) is 50.3 Å². The minimum absolute atomic E-state index is 0.745. The lowest BCUT2D eigenvalue weighted by Crippen LogP contribution is -2.49. The molecule has 2 unspecified atom stereocenters. The van der Waals surface area contributed by atoms with Gasteiger partial charge in [-0.3, -0.25) is 4.90 Å². The molecule has 2 fully saturated rings. The molecule has 0 aromatic heterocycles. The van der Waals surface area contributed by atoms with Gasteiger partial charge in [0.15, 0.2) is 0 Å². The van der Waals surface area contributed by atoms with Gasteiger partial charge >= 0.3 is 0 Å². The normalized spacial score (nSPS) is 28.8. The summed E-state index contributed by atoms with van der Waals surface area (Å²) in [7, 11) is 1.77. The molecule has 0 radical (unpaired) electrons. The summed E-state index contributed by atoms with van der Waals surface area (Å²) in [5.74, 6) is 1.03. The van der Waals surface area contributed by atoms with E-state index in [-0.39, 0.29) is 0 Å². The second kappa shape index (κ2) is 6.80. The molecule has 0 saturated carbocycles. The minimum Gasteiger partial charge on any atom is -0.496 e. The Bertz CT molecular complexity index is 448. The average Bonchev–Trinajstić information content (AvgIpc) is 2.75. The highest BCUT2D eigenvalue weighted by atomic mass is 16.5. The Labute approximate surface area is 128 Å². The lowest BCUT2D eigenvalue weighted by atomic mass is 9.96. The highest BCUT2D eigenvalue weighted by Crippen LogP contribution is 2.36. The Hall–Kier alpha value is -1.06. The zero-order chi connectivity index (χ0) is 14.7. The Morgan fingerprint density at radius 3 is 2.57 bits per heavy atom. The lowest BCUT2D eigenvalue weighted by Gasteiger charge is -2.39. The molecule has 0 amide bonds. The van der Waals surface area contributed by atoms with Crippen molar-refractivity contribution in [2.24, 2.45) is 0 Å². The van der Waals surface area contributed by atoms with Crippen molar-refractivity contribution in [1.29, 1.82) is 0 Å². The second-order valence-corrected chi connectivity index (χ2v) is 6.41. The number of methoxy groups -OCH3 is 1. The SMILES string of the molecule is CCNC1CC2CCC(C1)N2CCc1ccccc1OC. The summed E-state index contributed by atoms with van der Waals surface area (Å²) in [6.07, 6.45) is 6.53. The number of ether oxygens (including phenoxy) is 1. The fourth-order valence-corrected chi connectivity index (χ4v) is 4.25. The molecular weight excluding hydrogens is 260 g/mol. The molecule has 2 saturated heterocycles. The minimum atomic E-state index is 0.745. The number of hydrogen-bond donors (Lipinski definition) is 1. The molecule has 21 heavy (non-hydrogen) atoms. The van der Waals surface area contributed by atoms with Crippen LogP contribution in [0.5, 0.6) is 5.75 Å². The first-order chi connectivity index (χ1) is 10.3. The third kappa shape index (κ3) is 3.24. The molecule has 1 aromatic carbocycles. The zero-order valence-electron chi connectivity index (χ0n) is 13.3. The number of hydrogen-bond acceptors (Lipinski definition) is 3. The molecule has 1 N–H and O–H groups in total. The quantitative estimate of drug-likeness (QED) is 0.871.